The van der Waals surface area contributed by atoms with Crippen LogP contribution in [0.3, 0.4) is 0 Å². The Morgan fingerprint density at radius 3 is 1.19 bits per heavy atom. The molecule has 3 nitrogen and oxygen atoms in total. The van der Waals surface area contributed by atoms with E-state index >= 15 is 0 Å². The molecule has 0 aliphatic carbocycles. The maximum absolute atomic E-state index is 11.8. The molecule has 0 fully saturated rings. The maximum atomic E-state index is 11.8. The molecule has 0 aromatic carbocycles. The number of hydrogen-bond donors (Lipinski definition) is 0. The molecule has 0 saturated carbocycles. The van der Waals surface area contributed by atoms with Crippen LogP contribution in [0.25, 0.3) is 0 Å². The Labute approximate surface area is 84.4 Å². The number of carbonyl (C=O) groups excluding carboxylic acids is 3. The van der Waals surface area contributed by atoms with E-state index in [9.17, 15) is 40.7 Å². The fourth-order valence-corrected chi connectivity index (χ4v) is 0.816. The molecule has 0 radical (unpaired) electrons. The average molecular weight is 250 g/mol. The maximum Gasteiger partial charge on any atom is 0.451 e. The monoisotopic (exact) mass is 250 g/mol. The van der Waals surface area contributed by atoms with Gasteiger partial charge in [0.2, 0.25) is 0 Å². The van der Waals surface area contributed by atoms with Gasteiger partial charge in [-0.2, -0.15) is 26.3 Å². The van der Waals surface area contributed by atoms with E-state index in [4.69, 9.17) is 0 Å². The van der Waals surface area contributed by atoms with Crippen molar-refractivity contribution in [3.8, 4) is 0 Å². The van der Waals surface area contributed by atoms with Crippen molar-refractivity contribution >= 4 is 17.3 Å². The van der Waals surface area contributed by atoms with Crippen LogP contribution in [0.5, 0.6) is 0 Å². The molecule has 0 aromatic rings. The van der Waals surface area contributed by atoms with Crippen molar-refractivity contribution in [3.63, 3.8) is 0 Å². The van der Waals surface area contributed by atoms with Gasteiger partial charge in [0.05, 0.1) is 0 Å². The Hall–Kier alpha value is -1.41. The SMILES string of the molecule is CC(=O)C(C(=O)C(F)(F)F)C(=O)C(F)(F)F. The lowest BCUT2D eigenvalue weighted by Gasteiger charge is -2.14. The molecule has 0 rings (SSSR count). The zero-order valence-electron chi connectivity index (χ0n) is 7.57. The van der Waals surface area contributed by atoms with E-state index < -0.39 is 35.6 Å². The van der Waals surface area contributed by atoms with Gasteiger partial charge in [-0.1, -0.05) is 0 Å². The highest BCUT2D eigenvalue weighted by molar-refractivity contribution is 6.21. The van der Waals surface area contributed by atoms with Crippen LogP contribution in [0.2, 0.25) is 0 Å². The molecule has 0 amide bonds. The van der Waals surface area contributed by atoms with Gasteiger partial charge in [0.1, 0.15) is 5.78 Å². The Kier molecular flexibility index (Phi) is 3.85. The first-order chi connectivity index (χ1) is 6.89. The Balaban J connectivity index is 5.29. The number of halogens is 6. The number of rotatable bonds is 3. The zero-order chi connectivity index (χ0) is 13.3. The van der Waals surface area contributed by atoms with Crippen molar-refractivity contribution in [2.45, 2.75) is 19.3 Å². The molecule has 0 aliphatic rings. The van der Waals surface area contributed by atoms with E-state index in [-0.39, 0.29) is 0 Å². The van der Waals surface area contributed by atoms with Crippen LogP contribution in [-0.4, -0.2) is 29.7 Å². The van der Waals surface area contributed by atoms with E-state index in [1.54, 1.807) is 0 Å². The normalized spacial score (nSPS) is 12.8. The van der Waals surface area contributed by atoms with Gasteiger partial charge < -0.3 is 0 Å². The van der Waals surface area contributed by atoms with Crippen molar-refractivity contribution in [3.05, 3.63) is 0 Å². The summed E-state index contributed by atoms with van der Waals surface area (Å²) in [7, 11) is 0. The summed E-state index contributed by atoms with van der Waals surface area (Å²) < 4.78 is 70.7. The minimum atomic E-state index is -5.67. The largest absolute Gasteiger partial charge is 0.451 e. The van der Waals surface area contributed by atoms with Gasteiger partial charge in [-0.25, -0.2) is 0 Å². The predicted molar refractivity (Wildman–Crippen MR) is 36.3 cm³/mol. The first-order valence-corrected chi connectivity index (χ1v) is 3.61. The summed E-state index contributed by atoms with van der Waals surface area (Å²) >= 11 is 0. The van der Waals surface area contributed by atoms with Crippen molar-refractivity contribution in [2.75, 3.05) is 0 Å². The van der Waals surface area contributed by atoms with E-state index in [0.717, 1.165) is 0 Å². The number of ketones is 3. The fraction of sp³-hybridized carbons (Fsp3) is 0.571. The van der Waals surface area contributed by atoms with Crippen molar-refractivity contribution in [1.82, 2.24) is 0 Å². The lowest BCUT2D eigenvalue weighted by molar-refractivity contribution is -0.190. The third kappa shape index (κ3) is 3.31. The summed E-state index contributed by atoms with van der Waals surface area (Å²) in [6.07, 6.45) is -11.3. The molecule has 0 aliphatic heterocycles. The number of hydrogen-bond acceptors (Lipinski definition) is 3. The number of alkyl halides is 6. The average Bonchev–Trinajstić information content (AvgIpc) is 1.99. The van der Waals surface area contributed by atoms with Crippen LogP contribution in [0.4, 0.5) is 26.3 Å². The summed E-state index contributed by atoms with van der Waals surface area (Å²) in [5.41, 5.74) is 0. The van der Waals surface area contributed by atoms with E-state index in [2.05, 4.69) is 0 Å². The van der Waals surface area contributed by atoms with Crippen LogP contribution < -0.4 is 0 Å². The van der Waals surface area contributed by atoms with Gasteiger partial charge in [0.25, 0.3) is 11.6 Å². The van der Waals surface area contributed by atoms with Crippen LogP contribution in [0, 0.1) is 5.92 Å². The second kappa shape index (κ2) is 4.22. The molecule has 9 heteroatoms. The molecular weight excluding hydrogens is 246 g/mol. The second-order valence-electron chi connectivity index (χ2n) is 2.77. The number of Topliss-reactive ketones (excluding diaryl/α,β-unsaturated/α-hetero) is 3. The highest BCUT2D eigenvalue weighted by atomic mass is 19.4. The van der Waals surface area contributed by atoms with Gasteiger partial charge in [-0.05, 0) is 6.92 Å². The van der Waals surface area contributed by atoms with E-state index in [1.807, 2.05) is 0 Å². The molecule has 0 spiro atoms. The lowest BCUT2D eigenvalue weighted by atomic mass is 9.94. The highest BCUT2D eigenvalue weighted by Crippen LogP contribution is 2.28. The summed E-state index contributed by atoms with van der Waals surface area (Å²) in [6.45, 7) is 0.304. The van der Waals surface area contributed by atoms with Crippen LogP contribution >= 0.6 is 0 Å². The minimum Gasteiger partial charge on any atom is -0.299 e. The van der Waals surface area contributed by atoms with Gasteiger partial charge in [0.15, 0.2) is 5.92 Å². The molecule has 0 bridgehead atoms. The summed E-state index contributed by atoms with van der Waals surface area (Å²) in [6, 6.07) is 0. The highest BCUT2D eigenvalue weighted by Gasteiger charge is 2.55. The molecule has 0 saturated heterocycles. The smallest absolute Gasteiger partial charge is 0.299 e. The fourth-order valence-electron chi connectivity index (χ4n) is 0.816. The second-order valence-corrected chi connectivity index (χ2v) is 2.77. The van der Waals surface area contributed by atoms with Gasteiger partial charge in [-0.15, -0.1) is 0 Å². The Bertz CT molecular complexity index is 300. The Morgan fingerprint density at radius 2 is 1.06 bits per heavy atom. The first kappa shape index (κ1) is 14.6. The molecular formula is C7H4F6O3. The summed E-state index contributed by atoms with van der Waals surface area (Å²) in [5.74, 6) is -11.2. The lowest BCUT2D eigenvalue weighted by Crippen LogP contribution is -2.44. The molecule has 0 unspecified atom stereocenters. The zero-order valence-corrected chi connectivity index (χ0v) is 7.57. The minimum absolute atomic E-state index is 0.304. The molecule has 0 heterocycles. The van der Waals surface area contributed by atoms with Crippen LogP contribution in [0.15, 0.2) is 0 Å². The third-order valence-corrected chi connectivity index (χ3v) is 1.49. The topological polar surface area (TPSA) is 51.2 Å². The molecule has 16 heavy (non-hydrogen) atoms. The van der Waals surface area contributed by atoms with Gasteiger partial charge in [-0.3, -0.25) is 14.4 Å². The predicted octanol–water partition coefficient (Wildman–Crippen LogP) is 1.45. The summed E-state index contributed by atoms with van der Waals surface area (Å²) in [5, 5.41) is 0. The van der Waals surface area contributed by atoms with E-state index in [0.29, 0.717) is 6.92 Å². The van der Waals surface area contributed by atoms with Gasteiger partial charge in [0, 0.05) is 0 Å². The van der Waals surface area contributed by atoms with Crippen LogP contribution in [-0.2, 0) is 14.4 Å². The molecule has 0 N–H and O–H groups in total. The van der Waals surface area contributed by atoms with Crippen molar-refractivity contribution in [2.24, 2.45) is 5.92 Å². The van der Waals surface area contributed by atoms with Crippen molar-refractivity contribution < 1.29 is 40.7 Å². The third-order valence-electron chi connectivity index (χ3n) is 1.49. The standard InChI is InChI=1S/C7H4F6O3/c1-2(14)3(4(15)6(8,9)10)5(16)7(11,12)13/h3H,1H3. The van der Waals surface area contributed by atoms with Gasteiger partial charge >= 0.3 is 12.4 Å². The molecule has 0 atom stereocenters. The number of carbonyl (C=O) groups is 3. The summed E-state index contributed by atoms with van der Waals surface area (Å²) in [4.78, 5) is 31.3. The van der Waals surface area contributed by atoms with Crippen LogP contribution in [0.1, 0.15) is 6.92 Å². The first-order valence-electron chi connectivity index (χ1n) is 3.61. The molecule has 0 aromatic heterocycles. The van der Waals surface area contributed by atoms with Crippen molar-refractivity contribution in [1.29, 1.82) is 0 Å². The quantitative estimate of drug-likeness (QED) is 0.562. The molecule has 92 valence electrons. The Morgan fingerprint density at radius 1 is 0.812 bits per heavy atom. The van der Waals surface area contributed by atoms with E-state index in [1.165, 1.54) is 0 Å².